The van der Waals surface area contributed by atoms with Crippen LogP contribution in [-0.4, -0.2) is 23.0 Å². The van der Waals surface area contributed by atoms with Gasteiger partial charge in [-0.25, -0.2) is 0 Å². The second-order valence-corrected chi connectivity index (χ2v) is 6.09. The number of hydrogen-bond acceptors (Lipinski definition) is 2. The van der Waals surface area contributed by atoms with Crippen LogP contribution < -0.4 is 5.32 Å². The number of amides is 1. The molecule has 1 aromatic rings. The van der Waals surface area contributed by atoms with E-state index >= 15 is 0 Å². The number of hydrogen-bond donors (Lipinski definition) is 2. The van der Waals surface area contributed by atoms with Gasteiger partial charge in [0.15, 0.2) is 0 Å². The lowest BCUT2D eigenvalue weighted by Gasteiger charge is -2.17. The van der Waals surface area contributed by atoms with Crippen molar-refractivity contribution in [1.82, 2.24) is 5.32 Å². The van der Waals surface area contributed by atoms with Gasteiger partial charge in [0, 0.05) is 16.9 Å². The number of rotatable bonds is 5. The average molecular weight is 340 g/mol. The van der Waals surface area contributed by atoms with E-state index in [1.54, 1.807) is 0 Å². The molecule has 0 aliphatic heterocycles. The molecule has 1 saturated carbocycles. The zero-order valence-corrected chi connectivity index (χ0v) is 12.7. The molecule has 0 saturated heterocycles. The van der Waals surface area contributed by atoms with Crippen LogP contribution in [0.5, 0.6) is 0 Å². The minimum Gasteiger partial charge on any atom is -0.481 e. The van der Waals surface area contributed by atoms with Gasteiger partial charge in [-0.05, 0) is 37.0 Å². The number of halogens is 1. The van der Waals surface area contributed by atoms with Crippen molar-refractivity contribution in [2.45, 2.75) is 38.1 Å². The summed E-state index contributed by atoms with van der Waals surface area (Å²) in [5.41, 5.74) is 1.10. The van der Waals surface area contributed by atoms with Crippen molar-refractivity contribution in [1.29, 1.82) is 0 Å². The van der Waals surface area contributed by atoms with Gasteiger partial charge in [0.05, 0.1) is 5.92 Å². The summed E-state index contributed by atoms with van der Waals surface area (Å²) in [6, 6.07) is 7.65. The second-order valence-electron chi connectivity index (χ2n) is 5.18. The fraction of sp³-hybridized carbons (Fsp3) is 0.467. The lowest BCUT2D eigenvalue weighted by Crippen LogP contribution is -2.40. The van der Waals surface area contributed by atoms with Crippen molar-refractivity contribution >= 4 is 27.8 Å². The molecule has 1 fully saturated rings. The van der Waals surface area contributed by atoms with Crippen LogP contribution >= 0.6 is 15.9 Å². The summed E-state index contributed by atoms with van der Waals surface area (Å²) >= 11 is 3.37. The normalized spacial score (nSPS) is 21.6. The van der Waals surface area contributed by atoms with E-state index < -0.39 is 11.9 Å². The van der Waals surface area contributed by atoms with Gasteiger partial charge < -0.3 is 10.4 Å². The van der Waals surface area contributed by atoms with Crippen molar-refractivity contribution in [3.63, 3.8) is 0 Å². The van der Waals surface area contributed by atoms with Crippen LogP contribution in [0, 0.1) is 5.92 Å². The first kappa shape index (κ1) is 15.0. The molecule has 1 aromatic carbocycles. The van der Waals surface area contributed by atoms with E-state index in [9.17, 15) is 9.59 Å². The van der Waals surface area contributed by atoms with Crippen molar-refractivity contribution in [3.8, 4) is 0 Å². The Morgan fingerprint density at radius 2 is 1.95 bits per heavy atom. The Labute approximate surface area is 126 Å². The van der Waals surface area contributed by atoms with E-state index in [2.05, 4.69) is 21.2 Å². The molecule has 2 N–H and O–H groups in total. The number of benzene rings is 1. The van der Waals surface area contributed by atoms with Gasteiger partial charge in [0.25, 0.3) is 0 Å². The summed E-state index contributed by atoms with van der Waals surface area (Å²) in [4.78, 5) is 22.9. The molecule has 0 unspecified atom stereocenters. The zero-order chi connectivity index (χ0) is 14.5. The summed E-state index contributed by atoms with van der Waals surface area (Å²) in [7, 11) is 0. The molecule has 2 atom stereocenters. The number of carboxylic acids is 1. The van der Waals surface area contributed by atoms with Gasteiger partial charge in [-0.15, -0.1) is 0 Å². The van der Waals surface area contributed by atoms with Crippen LogP contribution in [0.25, 0.3) is 0 Å². The van der Waals surface area contributed by atoms with Gasteiger partial charge >= 0.3 is 5.97 Å². The maximum Gasteiger partial charge on any atom is 0.308 e. The number of aryl methyl sites for hydroxylation is 1. The predicted molar refractivity (Wildman–Crippen MR) is 79.4 cm³/mol. The van der Waals surface area contributed by atoms with E-state index in [4.69, 9.17) is 5.11 Å². The Bertz CT molecular complexity index is 486. The molecular weight excluding hydrogens is 322 g/mol. The number of carbonyl (C=O) groups is 2. The molecule has 4 nitrogen and oxygen atoms in total. The standard InChI is InChI=1S/C15H18BrNO3/c16-11-7-4-10(5-8-11)6-9-14(18)17-13-3-1-2-12(13)15(19)20/h4-5,7-8,12-13H,1-3,6,9H2,(H,17,18)(H,19,20)/t12-,13+/m1/s1. The van der Waals surface area contributed by atoms with Crippen LogP contribution in [0.4, 0.5) is 0 Å². The molecule has 20 heavy (non-hydrogen) atoms. The van der Waals surface area contributed by atoms with Crippen LogP contribution in [-0.2, 0) is 16.0 Å². The maximum absolute atomic E-state index is 11.9. The monoisotopic (exact) mass is 339 g/mol. The van der Waals surface area contributed by atoms with E-state index in [1.165, 1.54) is 0 Å². The first-order valence-corrected chi connectivity index (χ1v) is 7.62. The van der Waals surface area contributed by atoms with Gasteiger partial charge in [0.1, 0.15) is 0 Å². The largest absolute Gasteiger partial charge is 0.481 e. The number of carboxylic acid groups (broad SMARTS) is 1. The van der Waals surface area contributed by atoms with E-state index in [-0.39, 0.29) is 11.9 Å². The average Bonchev–Trinajstić information content (AvgIpc) is 2.86. The van der Waals surface area contributed by atoms with Gasteiger partial charge in [-0.1, -0.05) is 34.5 Å². The Kier molecular flexibility index (Phi) is 5.17. The smallest absolute Gasteiger partial charge is 0.308 e. The molecule has 1 aliphatic rings. The fourth-order valence-corrected chi connectivity index (χ4v) is 2.88. The Hall–Kier alpha value is -1.36. The Morgan fingerprint density at radius 1 is 1.25 bits per heavy atom. The topological polar surface area (TPSA) is 66.4 Å². The molecule has 1 aliphatic carbocycles. The quantitative estimate of drug-likeness (QED) is 0.866. The predicted octanol–water partition coefficient (Wildman–Crippen LogP) is 2.75. The van der Waals surface area contributed by atoms with E-state index in [0.29, 0.717) is 19.3 Å². The van der Waals surface area contributed by atoms with Gasteiger partial charge in [0.2, 0.25) is 5.91 Å². The van der Waals surface area contributed by atoms with Crippen LogP contribution in [0.15, 0.2) is 28.7 Å². The first-order chi connectivity index (χ1) is 9.56. The molecule has 0 heterocycles. The van der Waals surface area contributed by atoms with Gasteiger partial charge in [-0.3, -0.25) is 9.59 Å². The lowest BCUT2D eigenvalue weighted by atomic mass is 10.0. The summed E-state index contributed by atoms with van der Waals surface area (Å²) in [6.07, 6.45) is 3.36. The van der Waals surface area contributed by atoms with Crippen molar-refractivity contribution in [2.75, 3.05) is 0 Å². The first-order valence-electron chi connectivity index (χ1n) is 6.83. The number of aliphatic carboxylic acids is 1. The van der Waals surface area contributed by atoms with E-state index in [1.807, 2.05) is 24.3 Å². The third-order valence-electron chi connectivity index (χ3n) is 3.73. The fourth-order valence-electron chi connectivity index (χ4n) is 2.62. The zero-order valence-electron chi connectivity index (χ0n) is 11.1. The highest BCUT2D eigenvalue weighted by molar-refractivity contribution is 9.10. The summed E-state index contributed by atoms with van der Waals surface area (Å²) in [5.74, 6) is -1.29. The number of nitrogens with one attached hydrogen (secondary N) is 1. The van der Waals surface area contributed by atoms with Crippen molar-refractivity contribution < 1.29 is 14.7 Å². The van der Waals surface area contributed by atoms with Crippen molar-refractivity contribution in [2.24, 2.45) is 5.92 Å². The maximum atomic E-state index is 11.9. The summed E-state index contributed by atoms with van der Waals surface area (Å²) < 4.78 is 1.01. The minimum absolute atomic E-state index is 0.0638. The summed E-state index contributed by atoms with van der Waals surface area (Å²) in [5, 5.41) is 11.9. The highest BCUT2D eigenvalue weighted by Gasteiger charge is 2.33. The molecule has 108 valence electrons. The third-order valence-corrected chi connectivity index (χ3v) is 4.26. The molecule has 5 heteroatoms. The summed E-state index contributed by atoms with van der Waals surface area (Å²) in [6.45, 7) is 0. The highest BCUT2D eigenvalue weighted by Crippen LogP contribution is 2.25. The molecule has 1 amide bonds. The molecule has 0 bridgehead atoms. The molecule has 0 aromatic heterocycles. The number of carbonyl (C=O) groups excluding carboxylic acids is 1. The van der Waals surface area contributed by atoms with E-state index in [0.717, 1.165) is 22.9 Å². The van der Waals surface area contributed by atoms with Crippen LogP contribution in [0.1, 0.15) is 31.2 Å². The van der Waals surface area contributed by atoms with Crippen LogP contribution in [0.3, 0.4) is 0 Å². The second kappa shape index (κ2) is 6.88. The SMILES string of the molecule is O=C(CCc1ccc(Br)cc1)N[C@H]1CCC[C@H]1C(=O)O. The molecule has 2 rings (SSSR count). The van der Waals surface area contributed by atoms with Gasteiger partial charge in [-0.2, -0.15) is 0 Å². The minimum atomic E-state index is -0.805. The van der Waals surface area contributed by atoms with Crippen molar-refractivity contribution in [3.05, 3.63) is 34.3 Å². The molecule has 0 spiro atoms. The highest BCUT2D eigenvalue weighted by atomic mass is 79.9. The third kappa shape index (κ3) is 4.07. The molecule has 0 radical (unpaired) electrons. The Balaban J connectivity index is 1.80. The van der Waals surface area contributed by atoms with Crippen LogP contribution in [0.2, 0.25) is 0 Å². The molecular formula is C15H18BrNO3. The lowest BCUT2D eigenvalue weighted by molar-refractivity contribution is -0.142. The Morgan fingerprint density at radius 3 is 2.60 bits per heavy atom.